The lowest BCUT2D eigenvalue weighted by molar-refractivity contribution is -0.381. The lowest BCUT2D eigenvalue weighted by Crippen LogP contribution is -2.63. The van der Waals surface area contributed by atoms with Gasteiger partial charge in [-0.3, -0.25) is 0 Å². The Labute approximate surface area is 85.8 Å². The summed E-state index contributed by atoms with van der Waals surface area (Å²) in [5.41, 5.74) is 0. The predicted octanol–water partition coefficient (Wildman–Crippen LogP) is -2.84. The van der Waals surface area contributed by atoms with Gasteiger partial charge in [-0.1, -0.05) is 0 Å². The van der Waals surface area contributed by atoms with E-state index in [9.17, 15) is 15.3 Å². The first-order valence-electron chi connectivity index (χ1n) is 4.67. The zero-order valence-electron chi connectivity index (χ0n) is 8.00. The summed E-state index contributed by atoms with van der Waals surface area (Å²) in [5.74, 6) is -4.05. The summed E-state index contributed by atoms with van der Waals surface area (Å²) < 4.78 is 15.0. The topological polar surface area (TPSA) is 109 Å². The second-order valence-electron chi connectivity index (χ2n) is 3.63. The molecule has 0 aliphatic carbocycles. The van der Waals surface area contributed by atoms with Gasteiger partial charge in [0.05, 0.1) is 19.8 Å². The number of aliphatic hydroxyl groups excluding tert-OH is 3. The third-order valence-corrected chi connectivity index (χ3v) is 2.75. The minimum Gasteiger partial charge on any atom is -0.391 e. The maximum absolute atomic E-state index is 10.0. The molecule has 0 amide bonds. The third kappa shape index (κ3) is 1.40. The van der Waals surface area contributed by atoms with Gasteiger partial charge in [0.25, 0.3) is 11.6 Å². The maximum Gasteiger partial charge on any atom is 0.253 e. The number of ether oxygens (including phenoxy) is 3. The van der Waals surface area contributed by atoms with E-state index in [0.717, 1.165) is 0 Å². The minimum atomic E-state index is -2.24. The molecular formula is C8H14O7. The van der Waals surface area contributed by atoms with E-state index < -0.39 is 30.4 Å². The van der Waals surface area contributed by atoms with Gasteiger partial charge in [-0.25, -0.2) is 0 Å². The molecule has 0 saturated carbocycles. The average Bonchev–Trinajstić information content (AvgIpc) is 2.81. The SMILES string of the molecule is OCC1([C@@]2(O)OC[C@H](O)[C@H]2O)OCCO1. The molecule has 0 aromatic heterocycles. The first-order chi connectivity index (χ1) is 7.06. The molecule has 3 atom stereocenters. The molecule has 0 bridgehead atoms. The van der Waals surface area contributed by atoms with Crippen LogP contribution in [0.4, 0.5) is 0 Å². The van der Waals surface area contributed by atoms with Crippen molar-refractivity contribution in [3.63, 3.8) is 0 Å². The number of hydrogen-bond donors (Lipinski definition) is 4. The monoisotopic (exact) mass is 222 g/mol. The normalized spacial score (nSPS) is 44.8. The molecular weight excluding hydrogens is 208 g/mol. The van der Waals surface area contributed by atoms with Crippen LogP contribution in [0.3, 0.4) is 0 Å². The molecule has 2 heterocycles. The third-order valence-electron chi connectivity index (χ3n) is 2.75. The van der Waals surface area contributed by atoms with Gasteiger partial charge in [-0.15, -0.1) is 0 Å². The van der Waals surface area contributed by atoms with Crippen molar-refractivity contribution in [3.05, 3.63) is 0 Å². The van der Waals surface area contributed by atoms with Crippen LogP contribution in [-0.4, -0.2) is 70.6 Å². The summed E-state index contributed by atoms with van der Waals surface area (Å²) in [7, 11) is 0. The van der Waals surface area contributed by atoms with E-state index in [-0.39, 0.29) is 19.8 Å². The zero-order valence-corrected chi connectivity index (χ0v) is 8.00. The molecule has 2 aliphatic heterocycles. The van der Waals surface area contributed by atoms with Crippen LogP contribution < -0.4 is 0 Å². The predicted molar refractivity (Wildman–Crippen MR) is 44.6 cm³/mol. The van der Waals surface area contributed by atoms with E-state index in [0.29, 0.717) is 0 Å². The van der Waals surface area contributed by atoms with Crippen molar-refractivity contribution >= 4 is 0 Å². The number of hydrogen-bond acceptors (Lipinski definition) is 7. The quantitative estimate of drug-likeness (QED) is 0.398. The Morgan fingerprint density at radius 1 is 1.13 bits per heavy atom. The van der Waals surface area contributed by atoms with Crippen LogP contribution in [0.1, 0.15) is 0 Å². The van der Waals surface area contributed by atoms with Crippen molar-refractivity contribution < 1.29 is 34.6 Å². The average molecular weight is 222 g/mol. The van der Waals surface area contributed by atoms with Crippen LogP contribution in [0, 0.1) is 0 Å². The summed E-state index contributed by atoms with van der Waals surface area (Å²) >= 11 is 0. The molecule has 2 rings (SSSR count). The second kappa shape index (κ2) is 3.63. The summed E-state index contributed by atoms with van der Waals surface area (Å²) in [5, 5.41) is 38.1. The fourth-order valence-electron chi connectivity index (χ4n) is 1.85. The van der Waals surface area contributed by atoms with Crippen LogP contribution >= 0.6 is 0 Å². The highest BCUT2D eigenvalue weighted by Gasteiger charge is 2.65. The lowest BCUT2D eigenvalue weighted by atomic mass is 9.99. The fourth-order valence-corrected chi connectivity index (χ4v) is 1.85. The Hall–Kier alpha value is -0.280. The van der Waals surface area contributed by atoms with E-state index in [4.69, 9.17) is 19.3 Å². The van der Waals surface area contributed by atoms with E-state index >= 15 is 0 Å². The molecule has 0 spiro atoms. The molecule has 0 aromatic carbocycles. The summed E-state index contributed by atoms with van der Waals surface area (Å²) in [6.07, 6.45) is -2.81. The van der Waals surface area contributed by atoms with Crippen molar-refractivity contribution in [2.75, 3.05) is 26.4 Å². The first kappa shape index (κ1) is 11.2. The van der Waals surface area contributed by atoms with Gasteiger partial charge in [-0.05, 0) is 0 Å². The van der Waals surface area contributed by atoms with Crippen LogP contribution in [0.5, 0.6) is 0 Å². The molecule has 0 aromatic rings. The van der Waals surface area contributed by atoms with Crippen molar-refractivity contribution in [2.24, 2.45) is 0 Å². The Morgan fingerprint density at radius 2 is 1.73 bits per heavy atom. The van der Waals surface area contributed by atoms with Crippen LogP contribution in [0.2, 0.25) is 0 Å². The van der Waals surface area contributed by atoms with Gasteiger partial charge < -0.3 is 34.6 Å². The van der Waals surface area contributed by atoms with Gasteiger partial charge in [0, 0.05) is 0 Å². The Kier molecular flexibility index (Phi) is 2.72. The molecule has 15 heavy (non-hydrogen) atoms. The molecule has 4 N–H and O–H groups in total. The minimum absolute atomic E-state index is 0.176. The lowest BCUT2D eigenvalue weighted by Gasteiger charge is -2.39. The number of rotatable bonds is 2. The van der Waals surface area contributed by atoms with Gasteiger partial charge in [0.1, 0.15) is 18.8 Å². The highest BCUT2D eigenvalue weighted by atomic mass is 16.8. The van der Waals surface area contributed by atoms with Gasteiger partial charge in [0.2, 0.25) is 0 Å². The molecule has 2 saturated heterocycles. The molecule has 2 aliphatic rings. The smallest absolute Gasteiger partial charge is 0.253 e. The van der Waals surface area contributed by atoms with Gasteiger partial charge in [-0.2, -0.15) is 0 Å². The van der Waals surface area contributed by atoms with Crippen LogP contribution in [0.15, 0.2) is 0 Å². The van der Waals surface area contributed by atoms with Crippen molar-refractivity contribution in [3.8, 4) is 0 Å². The van der Waals surface area contributed by atoms with Crippen molar-refractivity contribution in [2.45, 2.75) is 23.8 Å². The standard InChI is InChI=1S/C8H14O7/c9-4-7(13-1-2-14-7)8(12)6(11)5(10)3-15-8/h5-6,9-12H,1-4H2/t5-,6+,8-/m0/s1. The Morgan fingerprint density at radius 3 is 2.13 bits per heavy atom. The number of aliphatic hydroxyl groups is 4. The summed E-state index contributed by atoms with van der Waals surface area (Å²) in [6.45, 7) is -0.566. The summed E-state index contributed by atoms with van der Waals surface area (Å²) in [6, 6.07) is 0. The second-order valence-corrected chi connectivity index (χ2v) is 3.63. The van der Waals surface area contributed by atoms with Gasteiger partial charge in [0.15, 0.2) is 0 Å². The molecule has 88 valence electrons. The highest BCUT2D eigenvalue weighted by molar-refractivity contribution is 5.01. The van der Waals surface area contributed by atoms with Crippen molar-refractivity contribution in [1.82, 2.24) is 0 Å². The van der Waals surface area contributed by atoms with E-state index in [1.807, 2.05) is 0 Å². The van der Waals surface area contributed by atoms with E-state index in [1.54, 1.807) is 0 Å². The molecule has 7 heteroatoms. The molecule has 0 radical (unpaired) electrons. The van der Waals surface area contributed by atoms with Crippen LogP contribution in [-0.2, 0) is 14.2 Å². The zero-order chi connectivity index (χ0) is 11.1. The Balaban J connectivity index is 2.27. The Bertz CT molecular complexity index is 239. The molecule has 7 nitrogen and oxygen atoms in total. The summed E-state index contributed by atoms with van der Waals surface area (Å²) in [4.78, 5) is 0. The maximum atomic E-state index is 10.0. The van der Waals surface area contributed by atoms with Crippen molar-refractivity contribution in [1.29, 1.82) is 0 Å². The molecule has 0 unspecified atom stereocenters. The highest BCUT2D eigenvalue weighted by Crippen LogP contribution is 2.39. The largest absolute Gasteiger partial charge is 0.391 e. The van der Waals surface area contributed by atoms with E-state index in [2.05, 4.69) is 0 Å². The van der Waals surface area contributed by atoms with Crippen LogP contribution in [0.25, 0.3) is 0 Å². The van der Waals surface area contributed by atoms with E-state index in [1.165, 1.54) is 0 Å². The van der Waals surface area contributed by atoms with Gasteiger partial charge >= 0.3 is 0 Å². The molecule has 2 fully saturated rings. The fraction of sp³-hybridized carbons (Fsp3) is 1.00. The first-order valence-corrected chi connectivity index (χ1v) is 4.67.